The monoisotopic (exact) mass is 384 g/mol. The third kappa shape index (κ3) is 4.57. The fourth-order valence-corrected chi connectivity index (χ4v) is 3.15. The van der Waals surface area contributed by atoms with Gasteiger partial charge >= 0.3 is 17.9 Å². The van der Waals surface area contributed by atoms with Gasteiger partial charge in [0, 0.05) is 31.9 Å². The number of esters is 3. The third-order valence-electron chi connectivity index (χ3n) is 4.15. The fourth-order valence-electron chi connectivity index (χ4n) is 3.15. The van der Waals surface area contributed by atoms with Gasteiger partial charge in [0.1, 0.15) is 17.2 Å². The molecule has 0 spiro atoms. The molecule has 28 heavy (non-hydrogen) atoms. The lowest BCUT2D eigenvalue weighted by Crippen LogP contribution is -2.09. The number of ether oxygens (including phenoxy) is 3. The van der Waals surface area contributed by atoms with E-state index in [0.29, 0.717) is 28.4 Å². The molecule has 6 heteroatoms. The van der Waals surface area contributed by atoms with Crippen molar-refractivity contribution in [3.05, 3.63) is 40.5 Å². The molecule has 0 aromatic heterocycles. The van der Waals surface area contributed by atoms with E-state index in [1.807, 2.05) is 39.0 Å². The Labute approximate surface area is 164 Å². The van der Waals surface area contributed by atoms with Gasteiger partial charge in [0.05, 0.1) is 0 Å². The van der Waals surface area contributed by atoms with E-state index >= 15 is 0 Å². The standard InChI is InChI=1S/C22H24O6/c1-11-8-18(9-12(2)20(11)26-15(5)23)19-10-13(3)21(27-16(6)24)14(4)22(19)28-17(7)25/h8-10H,1-7H3. The zero-order valence-electron chi connectivity index (χ0n) is 17.2. The van der Waals surface area contributed by atoms with Crippen LogP contribution in [0.4, 0.5) is 0 Å². The summed E-state index contributed by atoms with van der Waals surface area (Å²) >= 11 is 0. The summed E-state index contributed by atoms with van der Waals surface area (Å²) in [6.45, 7) is 11.2. The van der Waals surface area contributed by atoms with Gasteiger partial charge in [-0.3, -0.25) is 14.4 Å². The molecule has 0 aliphatic heterocycles. The average Bonchev–Trinajstić information content (AvgIpc) is 2.56. The van der Waals surface area contributed by atoms with E-state index in [0.717, 1.165) is 22.3 Å². The second kappa shape index (κ2) is 8.25. The van der Waals surface area contributed by atoms with E-state index in [1.54, 1.807) is 6.92 Å². The van der Waals surface area contributed by atoms with Crippen molar-refractivity contribution in [3.63, 3.8) is 0 Å². The van der Waals surface area contributed by atoms with Crippen molar-refractivity contribution in [2.75, 3.05) is 0 Å². The number of rotatable bonds is 4. The molecule has 0 unspecified atom stereocenters. The van der Waals surface area contributed by atoms with Crippen LogP contribution in [0.15, 0.2) is 18.2 Å². The number of aryl methyl sites for hydroxylation is 3. The van der Waals surface area contributed by atoms with E-state index in [1.165, 1.54) is 20.8 Å². The Hall–Kier alpha value is -3.15. The van der Waals surface area contributed by atoms with Crippen LogP contribution in [0.2, 0.25) is 0 Å². The molecule has 0 N–H and O–H groups in total. The molecule has 148 valence electrons. The van der Waals surface area contributed by atoms with Crippen molar-refractivity contribution in [2.45, 2.75) is 48.5 Å². The zero-order chi connectivity index (χ0) is 21.2. The first-order valence-corrected chi connectivity index (χ1v) is 8.82. The highest BCUT2D eigenvalue weighted by molar-refractivity contribution is 5.83. The molecule has 6 nitrogen and oxygen atoms in total. The summed E-state index contributed by atoms with van der Waals surface area (Å²) in [5.41, 5.74) is 4.32. The van der Waals surface area contributed by atoms with Crippen LogP contribution in [0.3, 0.4) is 0 Å². The Morgan fingerprint density at radius 1 is 0.607 bits per heavy atom. The summed E-state index contributed by atoms with van der Waals surface area (Å²) in [6, 6.07) is 5.53. The summed E-state index contributed by atoms with van der Waals surface area (Å²) in [6.07, 6.45) is 0. The molecule has 0 aliphatic carbocycles. The van der Waals surface area contributed by atoms with Crippen LogP contribution in [0, 0.1) is 27.7 Å². The summed E-state index contributed by atoms with van der Waals surface area (Å²) in [5.74, 6) is -0.116. The molecule has 2 aromatic carbocycles. The molecule has 0 heterocycles. The van der Waals surface area contributed by atoms with Crippen LogP contribution < -0.4 is 14.2 Å². The lowest BCUT2D eigenvalue weighted by atomic mass is 9.95. The van der Waals surface area contributed by atoms with E-state index < -0.39 is 17.9 Å². The molecule has 2 rings (SSSR count). The quantitative estimate of drug-likeness (QED) is 0.575. The van der Waals surface area contributed by atoms with Gasteiger partial charge in [-0.1, -0.05) is 0 Å². The predicted molar refractivity (Wildman–Crippen MR) is 105 cm³/mol. The first-order valence-electron chi connectivity index (χ1n) is 8.82. The van der Waals surface area contributed by atoms with E-state index in [2.05, 4.69) is 0 Å². The van der Waals surface area contributed by atoms with Crippen molar-refractivity contribution >= 4 is 17.9 Å². The van der Waals surface area contributed by atoms with Gasteiger partial charge in [0.25, 0.3) is 0 Å². The van der Waals surface area contributed by atoms with Crippen molar-refractivity contribution in [2.24, 2.45) is 0 Å². The highest BCUT2D eigenvalue weighted by atomic mass is 16.5. The number of carbonyl (C=O) groups excluding carboxylic acids is 3. The molecular weight excluding hydrogens is 360 g/mol. The minimum atomic E-state index is -0.480. The molecule has 0 saturated carbocycles. The topological polar surface area (TPSA) is 78.9 Å². The second-order valence-electron chi connectivity index (χ2n) is 6.74. The largest absolute Gasteiger partial charge is 0.426 e. The molecular formula is C22H24O6. The lowest BCUT2D eigenvalue weighted by molar-refractivity contribution is -0.133. The van der Waals surface area contributed by atoms with Crippen LogP contribution in [0.5, 0.6) is 17.2 Å². The maximum atomic E-state index is 11.7. The van der Waals surface area contributed by atoms with Crippen molar-refractivity contribution < 1.29 is 28.6 Å². The Kier molecular flexibility index (Phi) is 6.23. The Balaban J connectivity index is 2.72. The molecule has 0 radical (unpaired) electrons. The molecule has 0 aliphatic rings. The van der Waals surface area contributed by atoms with Gasteiger partial charge in [-0.15, -0.1) is 0 Å². The summed E-state index contributed by atoms with van der Waals surface area (Å²) in [5, 5.41) is 0. The molecule has 0 atom stereocenters. The van der Waals surface area contributed by atoms with Crippen molar-refractivity contribution in [3.8, 4) is 28.4 Å². The Bertz CT molecular complexity index is 948. The van der Waals surface area contributed by atoms with Gasteiger partial charge in [-0.05, 0) is 68.1 Å². The maximum Gasteiger partial charge on any atom is 0.308 e. The van der Waals surface area contributed by atoms with Gasteiger partial charge in [0.15, 0.2) is 0 Å². The highest BCUT2D eigenvalue weighted by Crippen LogP contribution is 2.42. The number of benzene rings is 2. The van der Waals surface area contributed by atoms with Crippen LogP contribution in [-0.2, 0) is 14.4 Å². The third-order valence-corrected chi connectivity index (χ3v) is 4.15. The maximum absolute atomic E-state index is 11.7. The van der Waals surface area contributed by atoms with Gasteiger partial charge in [0.2, 0.25) is 0 Å². The molecule has 0 fully saturated rings. The first kappa shape index (κ1) is 21.2. The van der Waals surface area contributed by atoms with E-state index in [4.69, 9.17) is 14.2 Å². The van der Waals surface area contributed by atoms with Crippen molar-refractivity contribution in [1.82, 2.24) is 0 Å². The minimum Gasteiger partial charge on any atom is -0.426 e. The molecule has 0 bridgehead atoms. The Morgan fingerprint density at radius 2 is 1.00 bits per heavy atom. The number of carbonyl (C=O) groups is 3. The molecule has 2 aromatic rings. The minimum absolute atomic E-state index is 0.327. The SMILES string of the molecule is CC(=O)Oc1c(C)cc(-c2cc(C)c(OC(C)=O)c(C)c2OC(C)=O)cc1C. The zero-order valence-corrected chi connectivity index (χ0v) is 17.2. The van der Waals surface area contributed by atoms with E-state index in [-0.39, 0.29) is 0 Å². The predicted octanol–water partition coefficient (Wildman–Crippen LogP) is 4.36. The van der Waals surface area contributed by atoms with Crippen molar-refractivity contribution in [1.29, 1.82) is 0 Å². The van der Waals surface area contributed by atoms with Crippen LogP contribution in [0.25, 0.3) is 11.1 Å². The van der Waals surface area contributed by atoms with Crippen LogP contribution in [0.1, 0.15) is 43.0 Å². The Morgan fingerprint density at radius 3 is 1.46 bits per heavy atom. The lowest BCUT2D eigenvalue weighted by Gasteiger charge is -2.19. The van der Waals surface area contributed by atoms with Gasteiger partial charge < -0.3 is 14.2 Å². The van der Waals surface area contributed by atoms with Gasteiger partial charge in [-0.25, -0.2) is 0 Å². The second-order valence-corrected chi connectivity index (χ2v) is 6.74. The number of hydrogen-bond acceptors (Lipinski definition) is 6. The number of hydrogen-bond donors (Lipinski definition) is 0. The molecule has 0 amide bonds. The van der Waals surface area contributed by atoms with E-state index in [9.17, 15) is 14.4 Å². The normalized spacial score (nSPS) is 10.4. The van der Waals surface area contributed by atoms with Crippen LogP contribution >= 0.6 is 0 Å². The highest BCUT2D eigenvalue weighted by Gasteiger charge is 2.21. The van der Waals surface area contributed by atoms with Gasteiger partial charge in [-0.2, -0.15) is 0 Å². The summed E-state index contributed by atoms with van der Waals surface area (Å²) in [4.78, 5) is 34.5. The summed E-state index contributed by atoms with van der Waals surface area (Å²) in [7, 11) is 0. The summed E-state index contributed by atoms with van der Waals surface area (Å²) < 4.78 is 16.1. The fraction of sp³-hybridized carbons (Fsp3) is 0.318. The van der Waals surface area contributed by atoms with Crippen LogP contribution in [-0.4, -0.2) is 17.9 Å². The first-order chi connectivity index (χ1) is 13.0. The average molecular weight is 384 g/mol. The smallest absolute Gasteiger partial charge is 0.308 e. The molecule has 0 saturated heterocycles.